The number of oxime groups is 1. The highest BCUT2D eigenvalue weighted by Crippen LogP contribution is 2.49. The third-order valence-electron chi connectivity index (χ3n) is 5.29. The van der Waals surface area contributed by atoms with Gasteiger partial charge in [-0.15, -0.1) is 0 Å². The monoisotopic (exact) mass is 502 g/mol. The van der Waals surface area contributed by atoms with Gasteiger partial charge in [0.25, 0.3) is 11.5 Å². The zero-order valence-electron chi connectivity index (χ0n) is 17.5. The SMILES string of the molecule is CCCN(C(=O)O)C(=O)c1ccc(C2=NOC(c3ccc(Cl)c(Cl)c3)(C(F)(F)F)C2)cc1C. The molecular weight excluding hydrogens is 484 g/mol. The first-order chi connectivity index (χ1) is 15.4. The number of hydrogen-bond donors (Lipinski definition) is 1. The minimum atomic E-state index is -4.82. The van der Waals surface area contributed by atoms with Crippen LogP contribution < -0.4 is 0 Å². The molecule has 0 fully saturated rings. The van der Waals surface area contributed by atoms with Gasteiger partial charge in [-0.1, -0.05) is 47.4 Å². The highest BCUT2D eigenvalue weighted by atomic mass is 35.5. The molecule has 3 rings (SSSR count). The molecule has 2 amide bonds. The summed E-state index contributed by atoms with van der Waals surface area (Å²) in [4.78, 5) is 29.7. The lowest BCUT2D eigenvalue weighted by Gasteiger charge is -2.29. The maximum Gasteiger partial charge on any atom is 0.435 e. The Morgan fingerprint density at radius 2 is 1.88 bits per heavy atom. The predicted molar refractivity (Wildman–Crippen MR) is 117 cm³/mol. The van der Waals surface area contributed by atoms with Crippen LogP contribution >= 0.6 is 23.2 Å². The number of alkyl halides is 3. The van der Waals surface area contributed by atoms with E-state index in [-0.39, 0.29) is 33.4 Å². The van der Waals surface area contributed by atoms with Crippen LogP contribution in [0.25, 0.3) is 0 Å². The first-order valence-corrected chi connectivity index (χ1v) is 10.6. The van der Waals surface area contributed by atoms with E-state index in [1.165, 1.54) is 30.3 Å². The molecule has 1 heterocycles. The normalized spacial score (nSPS) is 18.0. The van der Waals surface area contributed by atoms with E-state index < -0.39 is 30.2 Å². The lowest BCUT2D eigenvalue weighted by atomic mass is 9.86. The first-order valence-electron chi connectivity index (χ1n) is 9.84. The van der Waals surface area contributed by atoms with Crippen LogP contribution in [0.15, 0.2) is 41.6 Å². The molecular formula is C22H19Cl2F3N2O4. The maximum absolute atomic E-state index is 14.1. The molecule has 1 N–H and O–H groups in total. The van der Waals surface area contributed by atoms with Crippen LogP contribution in [-0.4, -0.2) is 40.4 Å². The Balaban J connectivity index is 1.93. The van der Waals surface area contributed by atoms with Crippen LogP contribution in [0.2, 0.25) is 10.0 Å². The minimum absolute atomic E-state index is 0.0177. The van der Waals surface area contributed by atoms with E-state index in [0.29, 0.717) is 22.4 Å². The molecule has 0 bridgehead atoms. The number of aryl methyl sites for hydroxylation is 1. The second kappa shape index (κ2) is 9.23. The molecule has 0 aliphatic carbocycles. The predicted octanol–water partition coefficient (Wildman–Crippen LogP) is 6.41. The molecule has 1 aliphatic heterocycles. The van der Waals surface area contributed by atoms with Crippen molar-refractivity contribution in [2.45, 2.75) is 38.5 Å². The summed E-state index contributed by atoms with van der Waals surface area (Å²) in [5, 5.41) is 13.0. The van der Waals surface area contributed by atoms with E-state index in [9.17, 15) is 27.9 Å². The smallest absolute Gasteiger partial charge is 0.435 e. The van der Waals surface area contributed by atoms with Crippen LogP contribution in [0.3, 0.4) is 0 Å². The Kier molecular flexibility index (Phi) is 6.95. The number of nitrogens with zero attached hydrogens (tertiary/aromatic N) is 2. The fourth-order valence-corrected chi connectivity index (χ4v) is 3.84. The molecule has 0 spiro atoms. The van der Waals surface area contributed by atoms with Crippen LogP contribution in [0.1, 0.15) is 46.8 Å². The fourth-order valence-electron chi connectivity index (χ4n) is 3.54. The summed E-state index contributed by atoms with van der Waals surface area (Å²) < 4.78 is 42.4. The number of hydrogen-bond acceptors (Lipinski definition) is 4. The maximum atomic E-state index is 14.1. The average molecular weight is 503 g/mol. The van der Waals surface area contributed by atoms with Gasteiger partial charge in [-0.3, -0.25) is 4.79 Å². The Morgan fingerprint density at radius 1 is 1.18 bits per heavy atom. The molecule has 1 unspecified atom stereocenters. The Hall–Kier alpha value is -2.78. The summed E-state index contributed by atoms with van der Waals surface area (Å²) in [6.07, 6.45) is -6.38. The second-order valence-corrected chi connectivity index (χ2v) is 8.34. The summed E-state index contributed by atoms with van der Waals surface area (Å²) in [5.74, 6) is -0.710. The summed E-state index contributed by atoms with van der Waals surface area (Å²) >= 11 is 11.8. The molecule has 6 nitrogen and oxygen atoms in total. The van der Waals surface area contributed by atoms with Crippen LogP contribution in [0, 0.1) is 6.92 Å². The van der Waals surface area contributed by atoms with Crippen molar-refractivity contribution in [3.8, 4) is 0 Å². The topological polar surface area (TPSA) is 79.2 Å². The zero-order chi connectivity index (χ0) is 24.6. The largest absolute Gasteiger partial charge is 0.465 e. The number of halogens is 5. The van der Waals surface area contributed by atoms with Crippen LogP contribution in [0.4, 0.5) is 18.0 Å². The number of rotatable bonds is 5. The van der Waals surface area contributed by atoms with Gasteiger partial charge in [0.15, 0.2) is 0 Å². The summed E-state index contributed by atoms with van der Waals surface area (Å²) in [6, 6.07) is 7.79. The van der Waals surface area contributed by atoms with Crippen molar-refractivity contribution in [1.82, 2.24) is 4.90 Å². The molecule has 0 radical (unpaired) electrons. The summed E-state index contributed by atoms with van der Waals surface area (Å²) in [7, 11) is 0. The van der Waals surface area contributed by atoms with E-state index in [2.05, 4.69) is 5.16 Å². The Morgan fingerprint density at radius 3 is 2.42 bits per heavy atom. The average Bonchev–Trinajstić information content (AvgIpc) is 3.20. The van der Waals surface area contributed by atoms with Crippen molar-refractivity contribution < 1.29 is 32.7 Å². The van der Waals surface area contributed by atoms with Gasteiger partial charge in [-0.2, -0.15) is 13.2 Å². The molecule has 11 heteroatoms. The van der Waals surface area contributed by atoms with Crippen molar-refractivity contribution in [2.24, 2.45) is 5.16 Å². The fraction of sp³-hybridized carbons (Fsp3) is 0.318. The molecule has 1 atom stereocenters. The van der Waals surface area contributed by atoms with Crippen molar-refractivity contribution in [1.29, 1.82) is 0 Å². The number of carbonyl (C=O) groups excluding carboxylic acids is 1. The van der Waals surface area contributed by atoms with E-state index in [4.69, 9.17) is 28.0 Å². The molecule has 2 aromatic carbocycles. The second-order valence-electron chi connectivity index (χ2n) is 7.53. The first kappa shape index (κ1) is 24.9. The van der Waals surface area contributed by atoms with E-state index >= 15 is 0 Å². The lowest BCUT2D eigenvalue weighted by Crippen LogP contribution is -2.42. The van der Waals surface area contributed by atoms with Gasteiger partial charge < -0.3 is 9.94 Å². The van der Waals surface area contributed by atoms with E-state index in [1.54, 1.807) is 13.8 Å². The molecule has 0 saturated carbocycles. The summed E-state index contributed by atoms with van der Waals surface area (Å²) in [6.45, 7) is 3.32. The van der Waals surface area contributed by atoms with Gasteiger partial charge in [0.2, 0.25) is 0 Å². The van der Waals surface area contributed by atoms with Gasteiger partial charge in [0.1, 0.15) is 0 Å². The third-order valence-corrected chi connectivity index (χ3v) is 6.02. The number of carboxylic acid groups (broad SMARTS) is 1. The van der Waals surface area contributed by atoms with Crippen molar-refractivity contribution >= 4 is 40.9 Å². The zero-order valence-corrected chi connectivity index (χ0v) is 19.1. The number of imide groups is 1. The summed E-state index contributed by atoms with van der Waals surface area (Å²) in [5.41, 5.74) is -2.15. The molecule has 0 aromatic heterocycles. The van der Waals surface area contributed by atoms with E-state index in [0.717, 1.165) is 6.07 Å². The molecule has 0 saturated heterocycles. The van der Waals surface area contributed by atoms with Gasteiger partial charge in [0, 0.05) is 24.1 Å². The van der Waals surface area contributed by atoms with Gasteiger partial charge >= 0.3 is 12.3 Å². The number of benzene rings is 2. The van der Waals surface area contributed by atoms with Crippen molar-refractivity contribution in [3.05, 3.63) is 68.7 Å². The number of carbonyl (C=O) groups is 2. The van der Waals surface area contributed by atoms with Gasteiger partial charge in [-0.05, 0) is 48.7 Å². The minimum Gasteiger partial charge on any atom is -0.465 e. The van der Waals surface area contributed by atoms with Gasteiger partial charge in [-0.25, -0.2) is 9.69 Å². The Bertz CT molecular complexity index is 1140. The molecule has 33 heavy (non-hydrogen) atoms. The lowest BCUT2D eigenvalue weighted by molar-refractivity contribution is -0.275. The Labute approximate surface area is 197 Å². The molecule has 1 aliphatic rings. The van der Waals surface area contributed by atoms with Crippen LogP contribution in [-0.2, 0) is 10.4 Å². The molecule has 176 valence electrons. The van der Waals surface area contributed by atoms with Gasteiger partial charge in [0.05, 0.1) is 15.8 Å². The van der Waals surface area contributed by atoms with Crippen LogP contribution in [0.5, 0.6) is 0 Å². The standard InChI is InChI=1S/C22H19Cl2F3N2O4/c1-3-8-29(20(31)32)19(30)15-6-4-13(9-12(15)2)18-11-21(33-28-18,22(25,26)27)14-5-7-16(23)17(24)10-14/h4-7,9-10H,3,8,11H2,1-2H3,(H,31,32). The highest BCUT2D eigenvalue weighted by molar-refractivity contribution is 6.42. The molecule has 2 aromatic rings. The third kappa shape index (κ3) is 4.65. The number of amides is 2. The van der Waals surface area contributed by atoms with E-state index in [1.807, 2.05) is 0 Å². The van der Waals surface area contributed by atoms with Crippen molar-refractivity contribution in [3.63, 3.8) is 0 Å². The quantitative estimate of drug-likeness (QED) is 0.511. The van der Waals surface area contributed by atoms with Crippen molar-refractivity contribution in [2.75, 3.05) is 6.54 Å². The highest BCUT2D eigenvalue weighted by Gasteiger charge is 2.62.